The normalized spacial score (nSPS) is 15.0. The van der Waals surface area contributed by atoms with Crippen molar-refractivity contribution in [1.29, 1.82) is 0 Å². The van der Waals surface area contributed by atoms with Crippen LogP contribution in [0.3, 0.4) is 0 Å². The van der Waals surface area contributed by atoms with Crippen molar-refractivity contribution in [1.82, 2.24) is 9.29 Å². The van der Waals surface area contributed by atoms with Gasteiger partial charge in [0.25, 0.3) is 0 Å². The second kappa shape index (κ2) is 5.84. The molecule has 4 rings (SSSR count). The summed E-state index contributed by atoms with van der Waals surface area (Å²) in [6, 6.07) is 14.7. The number of fused-ring (bicyclic) bond motifs is 1. The first-order chi connectivity index (χ1) is 11.5. The van der Waals surface area contributed by atoms with Crippen molar-refractivity contribution in [3.63, 3.8) is 0 Å². The second-order valence-corrected chi connectivity index (χ2v) is 8.67. The van der Waals surface area contributed by atoms with E-state index >= 15 is 0 Å². The van der Waals surface area contributed by atoms with Gasteiger partial charge in [0.15, 0.2) is 0 Å². The molecule has 0 unspecified atom stereocenters. The van der Waals surface area contributed by atoms with Crippen LogP contribution in [-0.4, -0.2) is 19.0 Å². The highest BCUT2D eigenvalue weighted by atomic mass is 32.2. The van der Waals surface area contributed by atoms with Crippen molar-refractivity contribution in [2.45, 2.75) is 30.3 Å². The Kier molecular flexibility index (Phi) is 3.79. The lowest BCUT2D eigenvalue weighted by molar-refractivity contribution is 0.581. The van der Waals surface area contributed by atoms with Crippen molar-refractivity contribution >= 4 is 31.6 Å². The van der Waals surface area contributed by atoms with Crippen molar-refractivity contribution in [2.75, 3.05) is 0 Å². The Balaban J connectivity index is 1.73. The van der Waals surface area contributed by atoms with E-state index in [4.69, 9.17) is 0 Å². The van der Waals surface area contributed by atoms with Crippen LogP contribution in [0.15, 0.2) is 58.2 Å². The highest BCUT2D eigenvalue weighted by Gasteiger charge is 2.28. The van der Waals surface area contributed by atoms with Gasteiger partial charge < -0.3 is 0 Å². The van der Waals surface area contributed by atoms with Crippen molar-refractivity contribution in [2.24, 2.45) is 0 Å². The Hall–Kier alpha value is -1.96. The maximum atomic E-state index is 12.3. The molecule has 0 amide bonds. The van der Waals surface area contributed by atoms with Gasteiger partial charge in [-0.1, -0.05) is 41.7 Å². The molecule has 0 atom stereocenters. The van der Waals surface area contributed by atoms with Crippen LogP contribution in [-0.2, 0) is 16.6 Å². The zero-order valence-electron chi connectivity index (χ0n) is 12.8. The van der Waals surface area contributed by atoms with E-state index < -0.39 is 10.0 Å². The van der Waals surface area contributed by atoms with Crippen LogP contribution in [0.1, 0.15) is 18.4 Å². The summed E-state index contributed by atoms with van der Waals surface area (Å²) in [6.07, 6.45) is 1.78. The average Bonchev–Trinajstić information content (AvgIpc) is 3.31. The van der Waals surface area contributed by atoms with Gasteiger partial charge in [-0.3, -0.25) is 9.36 Å². The minimum Gasteiger partial charge on any atom is -0.294 e. The number of nitrogens with one attached hydrogen (secondary N) is 1. The smallest absolute Gasteiger partial charge is 0.294 e. The van der Waals surface area contributed by atoms with Gasteiger partial charge in [-0.2, -0.15) is 0 Å². The molecule has 1 fully saturated rings. The molecule has 1 aromatic heterocycles. The molecule has 2 aromatic carbocycles. The maximum absolute atomic E-state index is 12.3. The molecule has 7 heteroatoms. The second-order valence-electron chi connectivity index (χ2n) is 5.96. The number of hydrogen-bond donors (Lipinski definition) is 1. The summed E-state index contributed by atoms with van der Waals surface area (Å²) in [5, 5.41) is 0. The molecule has 0 aliphatic heterocycles. The van der Waals surface area contributed by atoms with Crippen LogP contribution in [0.4, 0.5) is 0 Å². The highest BCUT2D eigenvalue weighted by Crippen LogP contribution is 2.25. The van der Waals surface area contributed by atoms with Gasteiger partial charge in [-0.05, 0) is 36.6 Å². The van der Waals surface area contributed by atoms with Crippen LogP contribution in [0.2, 0.25) is 0 Å². The lowest BCUT2D eigenvalue weighted by Gasteiger charge is -2.07. The van der Waals surface area contributed by atoms with Gasteiger partial charge in [-0.15, -0.1) is 0 Å². The molecule has 0 radical (unpaired) electrons. The highest BCUT2D eigenvalue weighted by molar-refractivity contribution is 7.89. The topological polar surface area (TPSA) is 68.2 Å². The molecule has 1 aliphatic rings. The Morgan fingerprint density at radius 2 is 1.88 bits per heavy atom. The molecule has 3 aromatic rings. The predicted molar refractivity (Wildman–Crippen MR) is 95.0 cm³/mol. The number of aromatic nitrogens is 1. The van der Waals surface area contributed by atoms with Gasteiger partial charge in [0, 0.05) is 6.04 Å². The summed E-state index contributed by atoms with van der Waals surface area (Å²) in [5.74, 6) is 0. The summed E-state index contributed by atoms with van der Waals surface area (Å²) in [7, 11) is -3.51. The van der Waals surface area contributed by atoms with Crippen LogP contribution in [0.25, 0.3) is 10.2 Å². The standard InChI is InChI=1S/C17H16N2O3S2/c20-17-19(11-12-4-2-1-3-5-12)15-9-8-14(10-16(15)23-17)24(21,22)18-13-6-7-13/h1-5,8-10,13,18H,6-7,11H2. The van der Waals surface area contributed by atoms with Crippen LogP contribution in [0.5, 0.6) is 0 Å². The first-order valence-corrected chi connectivity index (χ1v) is 10.0. The third-order valence-electron chi connectivity index (χ3n) is 4.03. The van der Waals surface area contributed by atoms with E-state index in [-0.39, 0.29) is 15.8 Å². The lowest BCUT2D eigenvalue weighted by Crippen LogP contribution is -2.25. The molecule has 0 saturated heterocycles. The molecular formula is C17H16N2O3S2. The third-order valence-corrected chi connectivity index (χ3v) is 6.49. The van der Waals surface area contributed by atoms with E-state index in [1.165, 1.54) is 0 Å². The Bertz CT molecular complexity index is 1050. The van der Waals surface area contributed by atoms with Crippen LogP contribution in [0, 0.1) is 0 Å². The van der Waals surface area contributed by atoms with Gasteiger partial charge >= 0.3 is 4.87 Å². The number of nitrogens with zero attached hydrogens (tertiary/aromatic N) is 1. The molecule has 1 saturated carbocycles. The Morgan fingerprint density at radius 3 is 2.58 bits per heavy atom. The molecule has 0 bridgehead atoms. The average molecular weight is 360 g/mol. The van der Waals surface area contributed by atoms with Gasteiger partial charge in [0.05, 0.1) is 21.7 Å². The summed E-state index contributed by atoms with van der Waals surface area (Å²) in [5.41, 5.74) is 1.80. The minimum absolute atomic E-state index is 0.0621. The molecule has 24 heavy (non-hydrogen) atoms. The number of thiazole rings is 1. The van der Waals surface area contributed by atoms with E-state index in [0.717, 1.165) is 35.3 Å². The molecular weight excluding hydrogens is 344 g/mol. The fraction of sp³-hybridized carbons (Fsp3) is 0.235. The largest absolute Gasteiger partial charge is 0.308 e. The molecule has 0 spiro atoms. The Morgan fingerprint density at radius 1 is 1.12 bits per heavy atom. The van der Waals surface area contributed by atoms with Crippen LogP contribution < -0.4 is 9.60 Å². The quantitative estimate of drug-likeness (QED) is 0.760. The fourth-order valence-electron chi connectivity index (χ4n) is 2.62. The minimum atomic E-state index is -3.51. The molecule has 124 valence electrons. The van der Waals surface area contributed by atoms with E-state index in [1.807, 2.05) is 30.3 Å². The Labute approximate surface area is 143 Å². The SMILES string of the molecule is O=c1sc2cc(S(=O)(=O)NC3CC3)ccc2n1Cc1ccccc1. The number of benzene rings is 2. The molecule has 1 aliphatic carbocycles. The van der Waals surface area contributed by atoms with Crippen molar-refractivity contribution < 1.29 is 8.42 Å². The lowest BCUT2D eigenvalue weighted by atomic mass is 10.2. The summed E-state index contributed by atoms with van der Waals surface area (Å²) >= 11 is 1.08. The summed E-state index contributed by atoms with van der Waals surface area (Å²) in [4.78, 5) is 12.4. The number of rotatable bonds is 5. The van der Waals surface area contributed by atoms with Gasteiger partial charge in [0.2, 0.25) is 10.0 Å². The predicted octanol–water partition coefficient (Wildman–Crippen LogP) is 2.55. The first-order valence-electron chi connectivity index (χ1n) is 7.72. The fourth-order valence-corrected chi connectivity index (χ4v) is 4.95. The van der Waals surface area contributed by atoms with Gasteiger partial charge in [0.1, 0.15) is 0 Å². The van der Waals surface area contributed by atoms with E-state index in [9.17, 15) is 13.2 Å². The first kappa shape index (κ1) is 15.6. The monoisotopic (exact) mass is 360 g/mol. The number of sulfonamides is 1. The molecule has 1 heterocycles. The summed E-state index contributed by atoms with van der Waals surface area (Å²) in [6.45, 7) is 0.478. The number of hydrogen-bond acceptors (Lipinski definition) is 4. The van der Waals surface area contributed by atoms with Gasteiger partial charge in [-0.25, -0.2) is 13.1 Å². The zero-order chi connectivity index (χ0) is 16.7. The third kappa shape index (κ3) is 3.02. The van der Waals surface area contributed by atoms with E-state index in [0.29, 0.717) is 11.2 Å². The van der Waals surface area contributed by atoms with Crippen molar-refractivity contribution in [3.05, 3.63) is 63.8 Å². The van der Waals surface area contributed by atoms with E-state index in [1.54, 1.807) is 22.8 Å². The van der Waals surface area contributed by atoms with Crippen molar-refractivity contribution in [3.8, 4) is 0 Å². The zero-order valence-corrected chi connectivity index (χ0v) is 14.4. The summed E-state index contributed by atoms with van der Waals surface area (Å²) < 4.78 is 29.7. The molecule has 1 N–H and O–H groups in total. The molecule has 5 nitrogen and oxygen atoms in total. The van der Waals surface area contributed by atoms with E-state index in [2.05, 4.69) is 4.72 Å². The maximum Gasteiger partial charge on any atom is 0.308 e. The van der Waals surface area contributed by atoms with Crippen LogP contribution >= 0.6 is 11.3 Å².